The maximum Gasteiger partial charge on any atom is 0.319 e. The molecule has 2 aromatic rings. The highest BCUT2D eigenvalue weighted by molar-refractivity contribution is 5.93. The number of halogens is 1. The van der Waals surface area contributed by atoms with E-state index in [1.165, 1.54) is 31.4 Å². The van der Waals surface area contributed by atoms with Gasteiger partial charge in [-0.05, 0) is 55.5 Å². The second-order valence-electron chi connectivity index (χ2n) is 6.32. The van der Waals surface area contributed by atoms with E-state index >= 15 is 0 Å². The first-order chi connectivity index (χ1) is 12.2. The Hall–Kier alpha value is -2.56. The molecule has 2 aromatic carbocycles. The van der Waals surface area contributed by atoms with E-state index in [1.807, 2.05) is 18.2 Å². The third-order valence-corrected chi connectivity index (χ3v) is 4.46. The maximum absolute atomic E-state index is 12.9. The zero-order valence-electron chi connectivity index (χ0n) is 14.3. The standard InChI is InChI=1S/C20H24FN3O/c21-17-10-8-16(9-11-17)12-13-22-20(25)23-18-6-2-3-7-19(18)24-14-4-1-5-15-24/h2-3,6-11H,1,4-5,12-15H2,(H2,22,23,25). The summed E-state index contributed by atoms with van der Waals surface area (Å²) in [5, 5.41) is 5.81. The lowest BCUT2D eigenvalue weighted by atomic mass is 10.1. The molecule has 0 aromatic heterocycles. The predicted octanol–water partition coefficient (Wildman–Crippen LogP) is 4.18. The SMILES string of the molecule is O=C(NCCc1ccc(F)cc1)Nc1ccccc1N1CCCCC1. The quantitative estimate of drug-likeness (QED) is 0.857. The van der Waals surface area contributed by atoms with Crippen LogP contribution in [0, 0.1) is 5.82 Å². The Balaban J connectivity index is 1.53. The molecule has 132 valence electrons. The molecule has 0 spiro atoms. The van der Waals surface area contributed by atoms with Crippen molar-refractivity contribution < 1.29 is 9.18 Å². The van der Waals surface area contributed by atoms with Gasteiger partial charge in [0, 0.05) is 19.6 Å². The summed E-state index contributed by atoms with van der Waals surface area (Å²) < 4.78 is 12.9. The zero-order valence-corrected chi connectivity index (χ0v) is 14.3. The first-order valence-corrected chi connectivity index (χ1v) is 8.85. The van der Waals surface area contributed by atoms with Crippen molar-refractivity contribution in [2.75, 3.05) is 29.9 Å². The van der Waals surface area contributed by atoms with Gasteiger partial charge < -0.3 is 15.5 Å². The van der Waals surface area contributed by atoms with E-state index in [1.54, 1.807) is 12.1 Å². The van der Waals surface area contributed by atoms with Gasteiger partial charge >= 0.3 is 6.03 Å². The van der Waals surface area contributed by atoms with Crippen molar-refractivity contribution >= 4 is 17.4 Å². The molecule has 1 saturated heterocycles. The van der Waals surface area contributed by atoms with E-state index in [0.717, 1.165) is 30.0 Å². The number of rotatable bonds is 5. The van der Waals surface area contributed by atoms with Crippen molar-refractivity contribution in [3.8, 4) is 0 Å². The Labute approximate surface area is 148 Å². The topological polar surface area (TPSA) is 44.4 Å². The summed E-state index contributed by atoms with van der Waals surface area (Å²) in [7, 11) is 0. The molecule has 0 saturated carbocycles. The maximum atomic E-state index is 12.9. The first-order valence-electron chi connectivity index (χ1n) is 8.85. The van der Waals surface area contributed by atoms with Crippen LogP contribution in [0.15, 0.2) is 48.5 Å². The molecular weight excluding hydrogens is 317 g/mol. The van der Waals surface area contributed by atoms with E-state index in [2.05, 4.69) is 21.6 Å². The molecular formula is C20H24FN3O. The molecule has 1 aliphatic heterocycles. The highest BCUT2D eigenvalue weighted by Gasteiger charge is 2.15. The number of hydrogen-bond acceptors (Lipinski definition) is 2. The van der Waals surface area contributed by atoms with Crippen molar-refractivity contribution in [1.29, 1.82) is 0 Å². The minimum atomic E-state index is -0.247. The van der Waals surface area contributed by atoms with Gasteiger partial charge in [0.2, 0.25) is 0 Å². The van der Waals surface area contributed by atoms with E-state index in [4.69, 9.17) is 0 Å². The van der Waals surface area contributed by atoms with Crippen LogP contribution in [-0.4, -0.2) is 25.7 Å². The normalized spacial score (nSPS) is 14.2. The van der Waals surface area contributed by atoms with Crippen molar-refractivity contribution in [2.24, 2.45) is 0 Å². The fraction of sp³-hybridized carbons (Fsp3) is 0.350. The predicted molar refractivity (Wildman–Crippen MR) is 99.6 cm³/mol. The van der Waals surface area contributed by atoms with E-state index < -0.39 is 0 Å². The molecule has 1 heterocycles. The summed E-state index contributed by atoms with van der Waals surface area (Å²) in [6, 6.07) is 14.0. The summed E-state index contributed by atoms with van der Waals surface area (Å²) in [5.41, 5.74) is 2.91. The van der Waals surface area contributed by atoms with Gasteiger partial charge in [-0.1, -0.05) is 24.3 Å². The van der Waals surface area contributed by atoms with Crippen LogP contribution in [0.3, 0.4) is 0 Å². The van der Waals surface area contributed by atoms with Gasteiger partial charge in [0.15, 0.2) is 0 Å². The average molecular weight is 341 g/mol. The fourth-order valence-corrected chi connectivity index (χ4v) is 3.13. The number of nitrogens with zero attached hydrogens (tertiary/aromatic N) is 1. The lowest BCUT2D eigenvalue weighted by Crippen LogP contribution is -2.33. The van der Waals surface area contributed by atoms with Crippen LogP contribution in [0.1, 0.15) is 24.8 Å². The minimum absolute atomic E-state index is 0.216. The smallest absolute Gasteiger partial charge is 0.319 e. The van der Waals surface area contributed by atoms with Gasteiger partial charge in [0.05, 0.1) is 11.4 Å². The Morgan fingerprint density at radius 3 is 2.48 bits per heavy atom. The highest BCUT2D eigenvalue weighted by Crippen LogP contribution is 2.28. The molecule has 0 aliphatic carbocycles. The second-order valence-corrected chi connectivity index (χ2v) is 6.32. The molecule has 0 radical (unpaired) electrons. The Morgan fingerprint density at radius 1 is 1.00 bits per heavy atom. The lowest BCUT2D eigenvalue weighted by molar-refractivity contribution is 0.252. The number of anilines is 2. The van der Waals surface area contributed by atoms with Gasteiger partial charge in [0.25, 0.3) is 0 Å². The van der Waals surface area contributed by atoms with Crippen LogP contribution in [0.5, 0.6) is 0 Å². The molecule has 4 nitrogen and oxygen atoms in total. The Kier molecular flexibility index (Phi) is 5.88. The number of para-hydroxylation sites is 2. The van der Waals surface area contributed by atoms with Gasteiger partial charge in [0.1, 0.15) is 5.82 Å². The fourth-order valence-electron chi connectivity index (χ4n) is 3.13. The summed E-state index contributed by atoms with van der Waals surface area (Å²) in [6.07, 6.45) is 4.33. The summed E-state index contributed by atoms with van der Waals surface area (Å²) in [4.78, 5) is 14.5. The number of amides is 2. The number of hydrogen-bond donors (Lipinski definition) is 2. The molecule has 1 fully saturated rings. The molecule has 1 aliphatic rings. The van der Waals surface area contributed by atoms with Crippen molar-refractivity contribution in [2.45, 2.75) is 25.7 Å². The second kappa shape index (κ2) is 8.51. The summed E-state index contributed by atoms with van der Waals surface area (Å²) >= 11 is 0. The first kappa shape index (κ1) is 17.3. The van der Waals surface area contributed by atoms with Gasteiger partial charge in [-0.15, -0.1) is 0 Å². The number of carbonyl (C=O) groups excluding carboxylic acids is 1. The van der Waals surface area contributed by atoms with Crippen molar-refractivity contribution in [3.05, 3.63) is 59.9 Å². The highest BCUT2D eigenvalue weighted by atomic mass is 19.1. The number of piperidine rings is 1. The third kappa shape index (κ3) is 4.95. The van der Waals surface area contributed by atoms with E-state index in [0.29, 0.717) is 13.0 Å². The van der Waals surface area contributed by atoms with E-state index in [9.17, 15) is 9.18 Å². The van der Waals surface area contributed by atoms with Crippen LogP contribution >= 0.6 is 0 Å². The number of urea groups is 1. The van der Waals surface area contributed by atoms with Crippen molar-refractivity contribution in [3.63, 3.8) is 0 Å². The summed E-state index contributed by atoms with van der Waals surface area (Å²) in [6.45, 7) is 2.57. The van der Waals surface area contributed by atoms with Crippen LogP contribution < -0.4 is 15.5 Å². The third-order valence-electron chi connectivity index (χ3n) is 4.46. The van der Waals surface area contributed by atoms with Gasteiger partial charge in [-0.3, -0.25) is 0 Å². The summed E-state index contributed by atoms with van der Waals surface area (Å²) in [5.74, 6) is -0.247. The van der Waals surface area contributed by atoms with Crippen LogP contribution in [0.4, 0.5) is 20.6 Å². The lowest BCUT2D eigenvalue weighted by Gasteiger charge is -2.30. The van der Waals surface area contributed by atoms with Gasteiger partial charge in [-0.2, -0.15) is 0 Å². The number of carbonyl (C=O) groups is 1. The monoisotopic (exact) mass is 341 g/mol. The average Bonchev–Trinajstić information content (AvgIpc) is 2.64. The molecule has 25 heavy (non-hydrogen) atoms. The molecule has 5 heteroatoms. The molecule has 0 atom stereocenters. The Morgan fingerprint density at radius 2 is 1.72 bits per heavy atom. The van der Waals surface area contributed by atoms with Crippen LogP contribution in [-0.2, 0) is 6.42 Å². The molecule has 2 amide bonds. The van der Waals surface area contributed by atoms with Crippen LogP contribution in [0.25, 0.3) is 0 Å². The van der Waals surface area contributed by atoms with E-state index in [-0.39, 0.29) is 11.8 Å². The molecule has 0 unspecified atom stereocenters. The van der Waals surface area contributed by atoms with Gasteiger partial charge in [-0.25, -0.2) is 9.18 Å². The molecule has 0 bridgehead atoms. The Bertz CT molecular complexity index is 696. The number of benzene rings is 2. The van der Waals surface area contributed by atoms with Crippen LogP contribution in [0.2, 0.25) is 0 Å². The zero-order chi connectivity index (χ0) is 17.5. The molecule has 3 rings (SSSR count). The number of nitrogens with one attached hydrogen (secondary N) is 2. The minimum Gasteiger partial charge on any atom is -0.370 e. The molecule has 2 N–H and O–H groups in total. The largest absolute Gasteiger partial charge is 0.370 e. The van der Waals surface area contributed by atoms with Crippen molar-refractivity contribution in [1.82, 2.24) is 5.32 Å².